The number of rotatable bonds is 8. The van der Waals surface area contributed by atoms with E-state index >= 15 is 0 Å². The molecule has 1 aromatic carbocycles. The van der Waals surface area contributed by atoms with Crippen LogP contribution < -0.4 is 15.8 Å². The van der Waals surface area contributed by atoms with Crippen molar-refractivity contribution in [1.82, 2.24) is 5.32 Å². The Hall–Kier alpha value is -1.73. The molecular weight excluding hydrogens is 283 g/mol. The lowest BCUT2D eigenvalue weighted by Crippen LogP contribution is -2.30. The number of methoxy groups -OCH3 is 1. The molecule has 3 N–H and O–H groups in total. The van der Waals surface area contributed by atoms with Crippen LogP contribution in [0.5, 0.6) is 5.75 Å². The lowest BCUT2D eigenvalue weighted by Gasteiger charge is -2.11. The van der Waals surface area contributed by atoms with Crippen molar-refractivity contribution in [3.8, 4) is 5.75 Å². The highest BCUT2D eigenvalue weighted by Crippen LogP contribution is 2.21. The Labute approximate surface area is 122 Å². The summed E-state index contributed by atoms with van der Waals surface area (Å²) in [5, 5.41) is 2.65. The van der Waals surface area contributed by atoms with Crippen LogP contribution in [0.3, 0.4) is 0 Å². The summed E-state index contributed by atoms with van der Waals surface area (Å²) in [6.45, 7) is 0.823. The van der Waals surface area contributed by atoms with Crippen molar-refractivity contribution in [2.24, 2.45) is 5.73 Å². The Bertz CT molecular complexity index is 483. The van der Waals surface area contributed by atoms with Gasteiger partial charge in [0.2, 0.25) is 0 Å². The van der Waals surface area contributed by atoms with Crippen LogP contribution in [-0.4, -0.2) is 37.8 Å². The van der Waals surface area contributed by atoms with Gasteiger partial charge in [-0.25, -0.2) is 4.39 Å². The lowest BCUT2D eigenvalue weighted by molar-refractivity contribution is -0.123. The molecule has 0 saturated carbocycles. The molecule has 1 amide bonds. The van der Waals surface area contributed by atoms with Crippen molar-refractivity contribution in [1.29, 1.82) is 0 Å². The Morgan fingerprint density at radius 2 is 2.25 bits per heavy atom. The molecule has 0 heterocycles. The van der Waals surface area contributed by atoms with Crippen LogP contribution in [0.25, 0.3) is 0 Å². The molecule has 5 nitrogen and oxygen atoms in total. The lowest BCUT2D eigenvalue weighted by atomic mass is 10.2. The van der Waals surface area contributed by atoms with Crippen LogP contribution in [0.2, 0.25) is 0 Å². The third-order valence-corrected chi connectivity index (χ3v) is 2.63. The largest absolute Gasteiger partial charge is 0.483 e. The first kappa shape index (κ1) is 16.3. The van der Waals surface area contributed by atoms with Gasteiger partial charge in [-0.1, -0.05) is 18.3 Å². The number of hydrogen-bond acceptors (Lipinski definition) is 4. The van der Waals surface area contributed by atoms with Gasteiger partial charge in [-0.05, 0) is 18.6 Å². The molecule has 0 radical (unpaired) electrons. The number of ether oxygens (including phenoxy) is 2. The fraction of sp³-hybridized carbons (Fsp3) is 0.385. The van der Waals surface area contributed by atoms with E-state index in [9.17, 15) is 9.18 Å². The van der Waals surface area contributed by atoms with E-state index in [2.05, 4.69) is 5.32 Å². The molecule has 0 aliphatic carbocycles. The van der Waals surface area contributed by atoms with Gasteiger partial charge in [0.25, 0.3) is 5.91 Å². The minimum Gasteiger partial charge on any atom is -0.483 e. The second-order valence-corrected chi connectivity index (χ2v) is 4.40. The number of carbonyl (C=O) groups excluding carboxylic acids is 1. The number of nitrogens with one attached hydrogen (secondary N) is 1. The third-order valence-electron chi connectivity index (χ3n) is 2.43. The highest BCUT2D eigenvalue weighted by atomic mass is 32.1. The predicted molar refractivity (Wildman–Crippen MR) is 77.3 cm³/mol. The van der Waals surface area contributed by atoms with Crippen molar-refractivity contribution >= 4 is 23.1 Å². The highest BCUT2D eigenvalue weighted by Gasteiger charge is 2.13. The molecule has 0 atom stereocenters. The third kappa shape index (κ3) is 5.10. The Balaban J connectivity index is 2.51. The van der Waals surface area contributed by atoms with Crippen molar-refractivity contribution in [3.05, 3.63) is 29.6 Å². The molecule has 0 bridgehead atoms. The van der Waals surface area contributed by atoms with Gasteiger partial charge in [0.05, 0.1) is 5.56 Å². The van der Waals surface area contributed by atoms with Gasteiger partial charge in [-0.15, -0.1) is 0 Å². The van der Waals surface area contributed by atoms with E-state index in [4.69, 9.17) is 27.4 Å². The van der Waals surface area contributed by atoms with Crippen LogP contribution in [0.15, 0.2) is 18.2 Å². The molecule has 0 saturated heterocycles. The number of benzene rings is 1. The van der Waals surface area contributed by atoms with E-state index in [-0.39, 0.29) is 28.8 Å². The minimum absolute atomic E-state index is 0.00897. The predicted octanol–water partition coefficient (Wildman–Crippen LogP) is 0.991. The summed E-state index contributed by atoms with van der Waals surface area (Å²) in [5.74, 6) is -0.723. The Kier molecular flexibility index (Phi) is 6.89. The summed E-state index contributed by atoms with van der Waals surface area (Å²) < 4.78 is 23.7. The van der Waals surface area contributed by atoms with Crippen LogP contribution in [0.4, 0.5) is 4.39 Å². The second-order valence-electron chi connectivity index (χ2n) is 3.96. The zero-order valence-electron chi connectivity index (χ0n) is 11.1. The molecule has 1 aromatic rings. The normalized spacial score (nSPS) is 10.1. The van der Waals surface area contributed by atoms with E-state index < -0.39 is 5.82 Å². The standard InChI is InChI=1S/C13H17FN2O3S/c1-18-7-3-6-16-11(17)8-19-10-5-2-4-9(14)12(10)13(15)20/h2,4-5H,3,6-8H2,1H3,(H2,15,20)(H,16,17). The number of nitrogens with two attached hydrogens (primary N) is 1. The van der Waals surface area contributed by atoms with Crippen molar-refractivity contribution in [2.45, 2.75) is 6.42 Å². The van der Waals surface area contributed by atoms with Gasteiger partial charge in [0, 0.05) is 20.3 Å². The Morgan fingerprint density at radius 3 is 2.90 bits per heavy atom. The number of thiocarbonyl (C=S) groups is 1. The second kappa shape index (κ2) is 8.44. The van der Waals surface area contributed by atoms with E-state index in [1.165, 1.54) is 18.2 Å². The summed E-state index contributed by atoms with van der Waals surface area (Å²) >= 11 is 4.76. The summed E-state index contributed by atoms with van der Waals surface area (Å²) in [6, 6.07) is 4.20. The molecule has 0 fully saturated rings. The summed E-state index contributed by atoms with van der Waals surface area (Å²) in [5.41, 5.74) is 5.44. The minimum atomic E-state index is -0.574. The topological polar surface area (TPSA) is 73.6 Å². The van der Waals surface area contributed by atoms with Gasteiger partial charge in [-0.3, -0.25) is 4.79 Å². The van der Waals surface area contributed by atoms with E-state index in [0.717, 1.165) is 0 Å². The molecule has 7 heteroatoms. The zero-order chi connectivity index (χ0) is 15.0. The first-order valence-corrected chi connectivity index (χ1v) is 6.44. The Morgan fingerprint density at radius 1 is 1.50 bits per heavy atom. The maximum Gasteiger partial charge on any atom is 0.257 e. The average Bonchev–Trinajstić information content (AvgIpc) is 2.41. The zero-order valence-corrected chi connectivity index (χ0v) is 12.0. The maximum atomic E-state index is 13.6. The van der Waals surface area contributed by atoms with Gasteiger partial charge < -0.3 is 20.5 Å². The van der Waals surface area contributed by atoms with Gasteiger partial charge in [0.15, 0.2) is 6.61 Å². The van der Waals surface area contributed by atoms with E-state index in [1.54, 1.807) is 7.11 Å². The SMILES string of the molecule is COCCCNC(=O)COc1cccc(F)c1C(N)=S. The van der Waals surface area contributed by atoms with Crippen LogP contribution in [0, 0.1) is 5.82 Å². The maximum absolute atomic E-state index is 13.6. The molecule has 0 aliphatic heterocycles. The molecular formula is C13H17FN2O3S. The first-order chi connectivity index (χ1) is 9.56. The molecule has 0 aliphatic rings. The summed E-state index contributed by atoms with van der Waals surface area (Å²) in [6.07, 6.45) is 0.709. The fourth-order valence-corrected chi connectivity index (χ4v) is 1.70. The van der Waals surface area contributed by atoms with Crippen molar-refractivity contribution < 1.29 is 18.7 Å². The van der Waals surface area contributed by atoms with Crippen molar-refractivity contribution in [3.63, 3.8) is 0 Å². The number of amides is 1. The molecule has 20 heavy (non-hydrogen) atoms. The molecule has 0 spiro atoms. The molecule has 0 aromatic heterocycles. The van der Waals surface area contributed by atoms with Gasteiger partial charge in [-0.2, -0.15) is 0 Å². The molecule has 0 unspecified atom stereocenters. The van der Waals surface area contributed by atoms with Gasteiger partial charge in [0.1, 0.15) is 16.6 Å². The highest BCUT2D eigenvalue weighted by molar-refractivity contribution is 7.80. The van der Waals surface area contributed by atoms with Crippen LogP contribution in [0.1, 0.15) is 12.0 Å². The monoisotopic (exact) mass is 300 g/mol. The average molecular weight is 300 g/mol. The van der Waals surface area contributed by atoms with E-state index in [0.29, 0.717) is 19.6 Å². The van der Waals surface area contributed by atoms with E-state index in [1.807, 2.05) is 0 Å². The number of halogens is 1. The van der Waals surface area contributed by atoms with Crippen LogP contribution in [-0.2, 0) is 9.53 Å². The number of carbonyl (C=O) groups is 1. The summed E-state index contributed by atoms with van der Waals surface area (Å²) in [4.78, 5) is 11.4. The smallest absolute Gasteiger partial charge is 0.257 e. The van der Waals surface area contributed by atoms with Gasteiger partial charge >= 0.3 is 0 Å². The quantitative estimate of drug-likeness (QED) is 0.553. The fourth-order valence-electron chi connectivity index (χ4n) is 1.50. The first-order valence-electron chi connectivity index (χ1n) is 6.03. The van der Waals surface area contributed by atoms with Crippen molar-refractivity contribution in [2.75, 3.05) is 26.9 Å². The number of hydrogen-bond donors (Lipinski definition) is 2. The molecule has 110 valence electrons. The summed E-state index contributed by atoms with van der Waals surface area (Å²) in [7, 11) is 1.59. The van der Waals surface area contributed by atoms with Crippen LogP contribution >= 0.6 is 12.2 Å². The molecule has 1 rings (SSSR count).